The van der Waals surface area contributed by atoms with E-state index in [4.69, 9.17) is 5.84 Å². The Balaban J connectivity index is 2.29. The highest BCUT2D eigenvalue weighted by atomic mass is 16.2. The molecule has 0 bridgehead atoms. The van der Waals surface area contributed by atoms with Crippen molar-refractivity contribution in [3.05, 3.63) is 52.3 Å². The lowest BCUT2D eigenvalue weighted by Crippen LogP contribution is -2.31. The minimum Gasteiger partial charge on any atom is -0.294 e. The molecule has 2 rings (SSSR count). The molecule has 3 N–H and O–H groups in total. The molecule has 20 heavy (non-hydrogen) atoms. The van der Waals surface area contributed by atoms with E-state index in [1.54, 1.807) is 0 Å². The molecule has 1 amide bonds. The smallest absolute Gasteiger partial charge is 0.238 e. The summed E-state index contributed by atoms with van der Waals surface area (Å²) < 4.78 is 1.98. The molecular weight excluding hydrogens is 252 g/mol. The van der Waals surface area contributed by atoms with E-state index < -0.39 is 0 Å². The van der Waals surface area contributed by atoms with Gasteiger partial charge >= 0.3 is 0 Å². The molecule has 0 saturated carbocycles. The minimum atomic E-state index is -0.193. The molecule has 5 heteroatoms. The van der Waals surface area contributed by atoms with Gasteiger partial charge in [-0.25, -0.2) is 5.84 Å². The minimum absolute atomic E-state index is 0.193. The molecule has 1 aromatic carbocycles. The van der Waals surface area contributed by atoms with Crippen LogP contribution in [0.25, 0.3) is 0 Å². The predicted octanol–water partition coefficient (Wildman–Crippen LogP) is 1.39. The van der Waals surface area contributed by atoms with Crippen LogP contribution in [0.15, 0.2) is 24.3 Å². The summed E-state index contributed by atoms with van der Waals surface area (Å²) in [5.74, 6) is 4.96. The average molecular weight is 272 g/mol. The number of carbonyl (C=O) groups excluding carboxylic acids is 1. The van der Waals surface area contributed by atoms with E-state index in [0.29, 0.717) is 6.54 Å². The number of carbonyl (C=O) groups is 1. The molecule has 0 spiro atoms. The van der Waals surface area contributed by atoms with Crippen molar-refractivity contribution in [1.82, 2.24) is 15.2 Å². The number of hydrogen-bond acceptors (Lipinski definition) is 3. The Morgan fingerprint density at radius 2 is 1.90 bits per heavy atom. The molecule has 0 aliphatic heterocycles. The number of hydrazine groups is 1. The largest absolute Gasteiger partial charge is 0.294 e. The first-order valence-electron chi connectivity index (χ1n) is 6.59. The Kier molecular flexibility index (Phi) is 4.20. The third kappa shape index (κ3) is 2.88. The van der Waals surface area contributed by atoms with Crippen LogP contribution >= 0.6 is 0 Å². The van der Waals surface area contributed by atoms with Crippen LogP contribution in [0.3, 0.4) is 0 Å². The fourth-order valence-electron chi connectivity index (χ4n) is 2.21. The van der Waals surface area contributed by atoms with E-state index in [9.17, 15) is 4.79 Å². The van der Waals surface area contributed by atoms with E-state index in [0.717, 1.165) is 22.5 Å². The molecule has 5 nitrogen and oxygen atoms in total. The topological polar surface area (TPSA) is 72.9 Å². The first kappa shape index (κ1) is 14.3. The molecule has 0 aliphatic rings. The number of nitrogens with one attached hydrogen (secondary N) is 1. The van der Waals surface area contributed by atoms with Crippen LogP contribution in [0.1, 0.15) is 28.1 Å². The van der Waals surface area contributed by atoms with Crippen molar-refractivity contribution in [3.8, 4) is 0 Å². The molecule has 2 aromatic rings. The van der Waals surface area contributed by atoms with Gasteiger partial charge in [-0.2, -0.15) is 5.10 Å². The van der Waals surface area contributed by atoms with Gasteiger partial charge in [-0.05, 0) is 37.5 Å². The lowest BCUT2D eigenvalue weighted by Gasteiger charge is -2.10. The van der Waals surface area contributed by atoms with Crippen LogP contribution in [0.4, 0.5) is 0 Å². The van der Waals surface area contributed by atoms with Gasteiger partial charge in [-0.1, -0.05) is 24.3 Å². The Hall–Kier alpha value is -2.14. The zero-order valence-electron chi connectivity index (χ0n) is 12.1. The summed E-state index contributed by atoms with van der Waals surface area (Å²) in [6, 6.07) is 7.86. The molecule has 0 fully saturated rings. The Morgan fingerprint density at radius 3 is 2.45 bits per heavy atom. The van der Waals surface area contributed by atoms with Gasteiger partial charge in [0, 0.05) is 5.69 Å². The first-order valence-corrected chi connectivity index (χ1v) is 6.59. The molecule has 0 saturated heterocycles. The molecule has 0 unspecified atom stereocenters. The molecule has 0 radical (unpaired) electrons. The monoisotopic (exact) mass is 272 g/mol. The third-order valence-electron chi connectivity index (χ3n) is 3.69. The van der Waals surface area contributed by atoms with Crippen molar-refractivity contribution < 1.29 is 4.79 Å². The van der Waals surface area contributed by atoms with E-state index in [1.807, 2.05) is 35.9 Å². The van der Waals surface area contributed by atoms with Crippen LogP contribution in [-0.2, 0) is 17.8 Å². The number of nitrogens with zero attached hydrogens (tertiary/aromatic N) is 2. The lowest BCUT2D eigenvalue weighted by atomic mass is 10.0. The van der Waals surface area contributed by atoms with Crippen molar-refractivity contribution >= 4 is 5.91 Å². The van der Waals surface area contributed by atoms with Gasteiger partial charge in [-0.15, -0.1) is 0 Å². The number of benzene rings is 1. The second kappa shape index (κ2) is 5.88. The molecule has 1 heterocycles. The first-order chi connectivity index (χ1) is 9.52. The summed E-state index contributed by atoms with van der Waals surface area (Å²) in [6.07, 6.45) is 0.283. The highest BCUT2D eigenvalue weighted by Crippen LogP contribution is 2.16. The van der Waals surface area contributed by atoms with Gasteiger partial charge in [0.2, 0.25) is 5.91 Å². The fraction of sp³-hybridized carbons (Fsp3) is 0.333. The number of hydrogen-bond donors (Lipinski definition) is 2. The van der Waals surface area contributed by atoms with Crippen LogP contribution in [0.5, 0.6) is 0 Å². The SMILES string of the molecule is Cc1nn(Cc2ccccc2CC(=O)NN)c(C)c1C. The molecule has 0 atom stereocenters. The summed E-state index contributed by atoms with van der Waals surface area (Å²) in [6.45, 7) is 6.80. The summed E-state index contributed by atoms with van der Waals surface area (Å²) in [7, 11) is 0. The van der Waals surface area contributed by atoms with Gasteiger partial charge in [0.15, 0.2) is 0 Å². The van der Waals surface area contributed by atoms with Crippen LogP contribution in [0, 0.1) is 20.8 Å². The second-order valence-electron chi connectivity index (χ2n) is 4.97. The zero-order chi connectivity index (χ0) is 14.7. The van der Waals surface area contributed by atoms with Crippen LogP contribution in [0.2, 0.25) is 0 Å². The maximum absolute atomic E-state index is 11.5. The quantitative estimate of drug-likeness (QED) is 0.502. The van der Waals surface area contributed by atoms with Crippen LogP contribution in [-0.4, -0.2) is 15.7 Å². The Bertz CT molecular complexity index is 631. The maximum atomic E-state index is 11.5. The average Bonchev–Trinajstić information content (AvgIpc) is 2.68. The lowest BCUT2D eigenvalue weighted by molar-refractivity contribution is -0.120. The van der Waals surface area contributed by atoms with Gasteiger partial charge < -0.3 is 0 Å². The number of aromatic nitrogens is 2. The number of amides is 1. The van der Waals surface area contributed by atoms with Crippen molar-refractivity contribution in [1.29, 1.82) is 0 Å². The zero-order valence-corrected chi connectivity index (χ0v) is 12.1. The summed E-state index contributed by atoms with van der Waals surface area (Å²) >= 11 is 0. The maximum Gasteiger partial charge on any atom is 0.238 e. The third-order valence-corrected chi connectivity index (χ3v) is 3.69. The van der Waals surface area contributed by atoms with E-state index in [2.05, 4.69) is 24.4 Å². The summed E-state index contributed by atoms with van der Waals surface area (Å²) in [4.78, 5) is 11.5. The van der Waals surface area contributed by atoms with Gasteiger partial charge in [0.05, 0.1) is 18.7 Å². The highest BCUT2D eigenvalue weighted by molar-refractivity contribution is 5.78. The number of nitrogens with two attached hydrogens (primary N) is 1. The van der Waals surface area contributed by atoms with Crippen molar-refractivity contribution in [2.45, 2.75) is 33.7 Å². The van der Waals surface area contributed by atoms with Gasteiger partial charge in [0.25, 0.3) is 0 Å². The van der Waals surface area contributed by atoms with Gasteiger partial charge in [0.1, 0.15) is 0 Å². The van der Waals surface area contributed by atoms with E-state index >= 15 is 0 Å². The van der Waals surface area contributed by atoms with Crippen molar-refractivity contribution in [3.63, 3.8) is 0 Å². The van der Waals surface area contributed by atoms with E-state index in [1.165, 1.54) is 5.56 Å². The van der Waals surface area contributed by atoms with Crippen molar-refractivity contribution in [2.24, 2.45) is 5.84 Å². The standard InChI is InChI=1S/C15H20N4O/c1-10-11(2)18-19(12(10)3)9-14-7-5-4-6-13(14)8-15(20)17-16/h4-7H,8-9,16H2,1-3H3,(H,17,20). The predicted molar refractivity (Wildman–Crippen MR) is 78.0 cm³/mol. The molecule has 1 aromatic heterocycles. The fourth-order valence-corrected chi connectivity index (χ4v) is 2.21. The summed E-state index contributed by atoms with van der Waals surface area (Å²) in [5, 5.41) is 4.54. The summed E-state index contributed by atoms with van der Waals surface area (Å²) in [5.41, 5.74) is 7.63. The van der Waals surface area contributed by atoms with Gasteiger partial charge in [-0.3, -0.25) is 14.9 Å². The highest BCUT2D eigenvalue weighted by Gasteiger charge is 2.11. The molecular formula is C15H20N4O. The number of rotatable bonds is 4. The molecule has 0 aliphatic carbocycles. The molecule has 106 valence electrons. The Morgan fingerprint density at radius 1 is 1.25 bits per heavy atom. The van der Waals surface area contributed by atoms with E-state index in [-0.39, 0.29) is 12.3 Å². The second-order valence-corrected chi connectivity index (χ2v) is 4.97. The van der Waals surface area contributed by atoms with Crippen LogP contribution < -0.4 is 11.3 Å². The van der Waals surface area contributed by atoms with Crippen molar-refractivity contribution in [2.75, 3.05) is 0 Å². The Labute approximate surface area is 118 Å². The normalized spacial score (nSPS) is 10.6. The number of aryl methyl sites for hydroxylation is 1.